The first-order valence-electron chi connectivity index (χ1n) is 17.0. The molecule has 0 aliphatic rings. The van der Waals surface area contributed by atoms with Crippen molar-refractivity contribution >= 4 is 39.7 Å². The van der Waals surface area contributed by atoms with Gasteiger partial charge in [-0.15, -0.1) is 0 Å². The fourth-order valence-corrected chi connectivity index (χ4v) is 6.63. The van der Waals surface area contributed by atoms with Crippen molar-refractivity contribution in [2.45, 2.75) is 86.0 Å². The third-order valence-electron chi connectivity index (χ3n) is 8.85. The molecule has 0 fully saturated rings. The molecule has 2 aromatic heterocycles. The summed E-state index contributed by atoms with van der Waals surface area (Å²) in [5.41, 5.74) is 14.9. The second-order valence-electron chi connectivity index (χ2n) is 13.8. The van der Waals surface area contributed by atoms with E-state index in [0.717, 1.165) is 27.2 Å². The second kappa shape index (κ2) is 25.2. The van der Waals surface area contributed by atoms with Crippen LogP contribution in [0, 0.1) is 6.92 Å². The van der Waals surface area contributed by atoms with Crippen LogP contribution in [0.3, 0.4) is 0 Å². The fraction of sp³-hybridized carbons (Fsp3) is 0.302. The number of hydrogen-bond acceptors (Lipinski definition) is 4. The van der Waals surface area contributed by atoms with Gasteiger partial charge >= 0.3 is 34.1 Å². The van der Waals surface area contributed by atoms with Crippen molar-refractivity contribution < 1.29 is 102 Å². The van der Waals surface area contributed by atoms with E-state index in [0.29, 0.717) is 23.7 Å². The van der Waals surface area contributed by atoms with Crippen molar-refractivity contribution in [3.63, 3.8) is 0 Å². The van der Waals surface area contributed by atoms with Crippen LogP contribution in [0.15, 0.2) is 99.6 Å². The molecule has 0 saturated carbocycles. The summed E-state index contributed by atoms with van der Waals surface area (Å²) in [7, 11) is 0. The van der Waals surface area contributed by atoms with E-state index in [1.165, 1.54) is 50.1 Å². The molecule has 0 aliphatic carbocycles. The maximum atomic E-state index is 5.04. The van der Waals surface area contributed by atoms with E-state index < -0.39 is 0 Å². The van der Waals surface area contributed by atoms with Gasteiger partial charge in [0.15, 0.2) is 0 Å². The van der Waals surface area contributed by atoms with Gasteiger partial charge in [0.25, 0.3) is 0 Å². The Kier molecular flexibility index (Phi) is 25.6. The van der Waals surface area contributed by atoms with Crippen LogP contribution in [-0.4, -0.2) is 22.4 Å². The number of nitrogens with zero attached hydrogens (tertiary/aromatic N) is 4. The summed E-state index contributed by atoms with van der Waals surface area (Å²) in [5.74, 6) is 1.19. The summed E-state index contributed by atoms with van der Waals surface area (Å²) >= 11 is 3.90. The van der Waals surface area contributed by atoms with E-state index in [1.54, 1.807) is 0 Å². The molecular formula is C43H47Br5Cu2N4. The largest absolute Gasteiger partial charge is 2.00 e. The Balaban J connectivity index is 0. The zero-order valence-corrected chi connectivity index (χ0v) is 41.6. The normalized spacial score (nSPS) is 10.8. The maximum Gasteiger partial charge on any atom is 2.00 e. The third-order valence-corrected chi connectivity index (χ3v) is 9.31. The number of halogens is 5. The molecule has 54 heavy (non-hydrogen) atoms. The van der Waals surface area contributed by atoms with Crippen molar-refractivity contribution in [2.75, 3.05) is 0 Å². The number of hydrogen-bond donors (Lipinski definition) is 0. The van der Waals surface area contributed by atoms with Crippen LogP contribution in [0.5, 0.6) is 0 Å². The van der Waals surface area contributed by atoms with Gasteiger partial charge in [-0.25, -0.2) is 0 Å². The van der Waals surface area contributed by atoms with Gasteiger partial charge in [0.05, 0.1) is 35.2 Å². The molecule has 0 aliphatic heterocycles. The van der Waals surface area contributed by atoms with E-state index in [-0.39, 0.29) is 102 Å². The standard InChI is InChI=1S/C43H47BrN4.4BrH.2Cu/c1-26(2)36-18-31(19-37(27(3)4)42(36)47-24-34-14-10-12-16-45-34)40-22-33(44)23-41(30(40)9)32-20-38(28(5)6)43(39(21-32)29(7)8)48-25-35-15-11-13-17-46-35;;;;;;/h10-29H,1-9H3;4*1H;;/q;;;;;2*+2/p-4. The molecule has 2 heterocycles. The molecule has 5 rings (SSSR count). The van der Waals surface area contributed by atoms with Crippen LogP contribution in [0.4, 0.5) is 11.4 Å². The van der Waals surface area contributed by atoms with Crippen molar-refractivity contribution in [1.82, 2.24) is 9.97 Å². The molecule has 296 valence electrons. The van der Waals surface area contributed by atoms with E-state index in [2.05, 4.69) is 125 Å². The molecule has 3 aromatic carbocycles. The summed E-state index contributed by atoms with van der Waals surface area (Å²) in [5, 5.41) is 0. The summed E-state index contributed by atoms with van der Waals surface area (Å²) in [6.45, 7) is 20.3. The second-order valence-corrected chi connectivity index (χ2v) is 14.7. The number of benzene rings is 3. The van der Waals surface area contributed by atoms with Gasteiger partial charge in [-0.1, -0.05) is 83.5 Å². The van der Waals surface area contributed by atoms with Crippen molar-refractivity contribution in [2.24, 2.45) is 9.98 Å². The minimum Gasteiger partial charge on any atom is -1.00 e. The predicted octanol–water partition coefficient (Wildman–Crippen LogP) is 0.887. The molecule has 2 radical (unpaired) electrons. The van der Waals surface area contributed by atoms with Gasteiger partial charge in [0.1, 0.15) is 0 Å². The topological polar surface area (TPSA) is 50.5 Å². The van der Waals surface area contributed by atoms with Crippen molar-refractivity contribution in [3.8, 4) is 22.3 Å². The molecule has 0 saturated heterocycles. The molecule has 0 bridgehead atoms. The van der Waals surface area contributed by atoms with Crippen LogP contribution in [0.2, 0.25) is 0 Å². The average Bonchev–Trinajstić information content (AvgIpc) is 3.07. The zero-order chi connectivity index (χ0) is 34.5. The van der Waals surface area contributed by atoms with Crippen LogP contribution in [-0.2, 0) is 34.1 Å². The number of aliphatic imine (C=N–C) groups is 2. The average molecular weight is 1150 g/mol. The van der Waals surface area contributed by atoms with Gasteiger partial charge in [0.2, 0.25) is 0 Å². The quantitative estimate of drug-likeness (QED) is 0.155. The Morgan fingerprint density at radius 2 is 0.833 bits per heavy atom. The van der Waals surface area contributed by atoms with Gasteiger partial charge in [0, 0.05) is 16.9 Å². The van der Waals surface area contributed by atoms with E-state index in [1.807, 2.05) is 61.2 Å². The zero-order valence-electron chi connectivity index (χ0n) is 31.8. The molecule has 0 spiro atoms. The molecule has 5 aromatic rings. The van der Waals surface area contributed by atoms with E-state index in [4.69, 9.17) is 9.98 Å². The van der Waals surface area contributed by atoms with E-state index in [9.17, 15) is 0 Å². The maximum absolute atomic E-state index is 5.04. The molecule has 11 heteroatoms. The predicted molar refractivity (Wildman–Crippen MR) is 209 cm³/mol. The van der Waals surface area contributed by atoms with Gasteiger partial charge < -0.3 is 67.9 Å². The van der Waals surface area contributed by atoms with Crippen LogP contribution >= 0.6 is 15.9 Å². The Bertz CT molecular complexity index is 1770. The molecule has 4 nitrogen and oxygen atoms in total. The minimum absolute atomic E-state index is 0. The monoisotopic (exact) mass is 1140 g/mol. The summed E-state index contributed by atoms with van der Waals surface area (Å²) in [6.07, 6.45) is 7.39. The van der Waals surface area contributed by atoms with Gasteiger partial charge in [-0.05, 0) is 141 Å². The minimum atomic E-state index is 0. The Hall–Kier alpha value is -1.26. The number of aromatic nitrogens is 2. The number of rotatable bonds is 10. The molecule has 0 N–H and O–H groups in total. The first-order chi connectivity index (χ1) is 22.9. The summed E-state index contributed by atoms with van der Waals surface area (Å²) in [6, 6.07) is 25.7. The van der Waals surface area contributed by atoms with Crippen LogP contribution in [0.1, 0.15) is 118 Å². The van der Waals surface area contributed by atoms with Crippen molar-refractivity contribution in [3.05, 3.63) is 129 Å². The fourth-order valence-electron chi connectivity index (χ4n) is 6.17. The van der Waals surface area contributed by atoms with E-state index >= 15 is 0 Å². The SMILES string of the molecule is Cc1c(-c2cc(C(C)C)c(N=Cc3ccccn3)c(C(C)C)c2)cc(Br)cc1-c1cc(C(C)C)c(N=Cc2ccccn2)c(C(C)C)c1.[Br-].[Br-].[Br-].[Br-].[Cu+2].[Cu+2]. The summed E-state index contributed by atoms with van der Waals surface area (Å²) < 4.78 is 1.06. The summed E-state index contributed by atoms with van der Waals surface area (Å²) in [4.78, 5) is 19.0. The van der Waals surface area contributed by atoms with Crippen LogP contribution < -0.4 is 67.9 Å². The van der Waals surface area contributed by atoms with Crippen molar-refractivity contribution in [1.29, 1.82) is 0 Å². The first-order valence-corrected chi connectivity index (χ1v) is 17.8. The van der Waals surface area contributed by atoms with Crippen LogP contribution in [0.25, 0.3) is 22.3 Å². The number of pyridine rings is 2. The molecule has 0 atom stereocenters. The smallest absolute Gasteiger partial charge is 1.00 e. The van der Waals surface area contributed by atoms with Gasteiger partial charge in [-0.2, -0.15) is 0 Å². The third kappa shape index (κ3) is 13.4. The Labute approximate surface area is 394 Å². The molecular weight excluding hydrogens is 1100 g/mol. The van der Waals surface area contributed by atoms with Gasteiger partial charge in [-0.3, -0.25) is 20.0 Å². The Morgan fingerprint density at radius 1 is 0.519 bits per heavy atom. The first kappa shape index (κ1) is 54.8. The molecule has 0 unspecified atom stereocenters. The molecule has 0 amide bonds. The Morgan fingerprint density at radius 3 is 1.09 bits per heavy atom.